The molecule has 0 bridgehead atoms. The number of carbonyl (C=O) groups is 1. The van der Waals surface area contributed by atoms with Gasteiger partial charge in [0.25, 0.3) is 0 Å². The van der Waals surface area contributed by atoms with E-state index in [0.29, 0.717) is 0 Å². The summed E-state index contributed by atoms with van der Waals surface area (Å²) < 4.78 is 10.4. The van der Waals surface area contributed by atoms with Gasteiger partial charge in [0.05, 0.1) is 6.10 Å². The van der Waals surface area contributed by atoms with Crippen LogP contribution in [0.5, 0.6) is 0 Å². The first-order chi connectivity index (χ1) is 6.68. The summed E-state index contributed by atoms with van der Waals surface area (Å²) in [4.78, 5) is 11.3. The van der Waals surface area contributed by atoms with Gasteiger partial charge in [0.1, 0.15) is 12.7 Å². The van der Waals surface area contributed by atoms with Crippen molar-refractivity contribution in [3.8, 4) is 0 Å². The maximum absolute atomic E-state index is 11.3. The van der Waals surface area contributed by atoms with E-state index in [1.165, 1.54) is 19.3 Å². The van der Waals surface area contributed by atoms with Crippen LogP contribution in [0, 0.1) is 0 Å². The molecular weight excluding hydrogens is 180 g/mol. The predicted molar refractivity (Wildman–Crippen MR) is 54.1 cm³/mol. The number of hydrogen-bond donors (Lipinski definition) is 0. The van der Waals surface area contributed by atoms with Gasteiger partial charge in [-0.15, -0.1) is 0 Å². The van der Waals surface area contributed by atoms with Crippen molar-refractivity contribution in [1.29, 1.82) is 0 Å². The third-order valence-electron chi connectivity index (χ3n) is 2.38. The molecule has 0 radical (unpaired) electrons. The Morgan fingerprint density at radius 2 is 1.93 bits per heavy atom. The predicted octanol–water partition coefficient (Wildman–Crippen LogP) is 2.29. The summed E-state index contributed by atoms with van der Waals surface area (Å²) in [5.74, 6) is -0.217. The van der Waals surface area contributed by atoms with E-state index in [1.807, 2.05) is 13.8 Å². The van der Waals surface area contributed by atoms with Gasteiger partial charge in [-0.25, -0.2) is 4.79 Å². The second kappa shape index (κ2) is 6.02. The standard InChI is InChI=1S/C11H20O3/c1-9(2)13-8-11(12)14-10-6-4-3-5-7-10/h9-10H,3-8H2,1-2H3. The van der Waals surface area contributed by atoms with E-state index in [-0.39, 0.29) is 24.8 Å². The Morgan fingerprint density at radius 3 is 2.50 bits per heavy atom. The van der Waals surface area contributed by atoms with Crippen LogP contribution < -0.4 is 0 Å². The van der Waals surface area contributed by atoms with Crippen LogP contribution >= 0.6 is 0 Å². The molecule has 0 atom stereocenters. The zero-order valence-corrected chi connectivity index (χ0v) is 9.12. The molecule has 0 aliphatic heterocycles. The third kappa shape index (κ3) is 4.61. The third-order valence-corrected chi connectivity index (χ3v) is 2.38. The van der Waals surface area contributed by atoms with Crippen molar-refractivity contribution in [3.05, 3.63) is 0 Å². The molecule has 0 heterocycles. The zero-order valence-electron chi connectivity index (χ0n) is 9.12. The second-order valence-corrected chi connectivity index (χ2v) is 4.11. The van der Waals surface area contributed by atoms with Gasteiger partial charge in [-0.3, -0.25) is 0 Å². The minimum atomic E-state index is -0.217. The van der Waals surface area contributed by atoms with Crippen LogP contribution in [0.3, 0.4) is 0 Å². The molecule has 0 aromatic rings. The highest BCUT2D eigenvalue weighted by Crippen LogP contribution is 2.20. The van der Waals surface area contributed by atoms with Gasteiger partial charge in [-0.1, -0.05) is 6.42 Å². The minimum absolute atomic E-state index is 0.0914. The van der Waals surface area contributed by atoms with Gasteiger partial charge >= 0.3 is 5.97 Å². The SMILES string of the molecule is CC(C)OCC(=O)OC1CCCCC1. The van der Waals surface area contributed by atoms with Crippen molar-refractivity contribution in [2.75, 3.05) is 6.61 Å². The first-order valence-corrected chi connectivity index (χ1v) is 5.49. The van der Waals surface area contributed by atoms with Crippen LogP contribution in [-0.4, -0.2) is 24.8 Å². The Labute approximate surface area is 85.8 Å². The Kier molecular flexibility index (Phi) is 4.94. The fourth-order valence-electron chi connectivity index (χ4n) is 1.64. The van der Waals surface area contributed by atoms with Crippen LogP contribution in [0.25, 0.3) is 0 Å². The fourth-order valence-corrected chi connectivity index (χ4v) is 1.64. The smallest absolute Gasteiger partial charge is 0.332 e. The van der Waals surface area contributed by atoms with Crippen LogP contribution in [-0.2, 0) is 14.3 Å². The van der Waals surface area contributed by atoms with E-state index in [9.17, 15) is 4.79 Å². The lowest BCUT2D eigenvalue weighted by molar-refractivity contribution is -0.157. The van der Waals surface area contributed by atoms with E-state index in [0.717, 1.165) is 12.8 Å². The Bertz CT molecular complexity index is 171. The van der Waals surface area contributed by atoms with Crippen LogP contribution in [0.15, 0.2) is 0 Å². The van der Waals surface area contributed by atoms with E-state index in [1.54, 1.807) is 0 Å². The molecule has 0 aromatic carbocycles. The first-order valence-electron chi connectivity index (χ1n) is 5.49. The molecular formula is C11H20O3. The van der Waals surface area contributed by atoms with Crippen LogP contribution in [0.2, 0.25) is 0 Å². The van der Waals surface area contributed by atoms with Crippen molar-refractivity contribution in [3.63, 3.8) is 0 Å². The Morgan fingerprint density at radius 1 is 1.29 bits per heavy atom. The summed E-state index contributed by atoms with van der Waals surface area (Å²) in [5, 5.41) is 0. The minimum Gasteiger partial charge on any atom is -0.461 e. The zero-order chi connectivity index (χ0) is 10.4. The average molecular weight is 200 g/mol. The lowest BCUT2D eigenvalue weighted by atomic mass is 9.98. The van der Waals surface area contributed by atoms with Crippen molar-refractivity contribution >= 4 is 5.97 Å². The summed E-state index contributed by atoms with van der Waals surface area (Å²) in [5.41, 5.74) is 0. The maximum atomic E-state index is 11.3. The maximum Gasteiger partial charge on any atom is 0.332 e. The monoisotopic (exact) mass is 200 g/mol. The quantitative estimate of drug-likeness (QED) is 0.653. The Hall–Kier alpha value is -0.570. The average Bonchev–Trinajstić information content (AvgIpc) is 2.16. The lowest BCUT2D eigenvalue weighted by Gasteiger charge is -2.21. The molecule has 0 aromatic heterocycles. The van der Waals surface area contributed by atoms with Gasteiger partial charge in [0.15, 0.2) is 0 Å². The molecule has 0 N–H and O–H groups in total. The van der Waals surface area contributed by atoms with E-state index >= 15 is 0 Å². The van der Waals surface area contributed by atoms with Gasteiger partial charge in [0, 0.05) is 0 Å². The molecule has 3 nitrogen and oxygen atoms in total. The highest BCUT2D eigenvalue weighted by atomic mass is 16.6. The molecule has 0 amide bonds. The molecule has 1 aliphatic carbocycles. The molecule has 1 fully saturated rings. The van der Waals surface area contributed by atoms with Crippen molar-refractivity contribution in [2.45, 2.75) is 58.2 Å². The van der Waals surface area contributed by atoms with E-state index < -0.39 is 0 Å². The highest BCUT2D eigenvalue weighted by molar-refractivity contribution is 5.70. The number of esters is 1. The first kappa shape index (κ1) is 11.5. The van der Waals surface area contributed by atoms with Gasteiger partial charge in [0.2, 0.25) is 0 Å². The van der Waals surface area contributed by atoms with E-state index in [4.69, 9.17) is 9.47 Å². The topological polar surface area (TPSA) is 35.5 Å². The van der Waals surface area contributed by atoms with Crippen LogP contribution in [0.4, 0.5) is 0 Å². The van der Waals surface area contributed by atoms with Gasteiger partial charge in [-0.05, 0) is 39.5 Å². The number of rotatable bonds is 4. The summed E-state index contributed by atoms with van der Waals surface area (Å²) in [6.45, 7) is 3.91. The molecule has 0 saturated heterocycles. The van der Waals surface area contributed by atoms with Crippen molar-refractivity contribution in [1.82, 2.24) is 0 Å². The summed E-state index contributed by atoms with van der Waals surface area (Å²) >= 11 is 0. The Balaban J connectivity index is 2.12. The lowest BCUT2D eigenvalue weighted by Crippen LogP contribution is -2.24. The highest BCUT2D eigenvalue weighted by Gasteiger charge is 2.17. The largest absolute Gasteiger partial charge is 0.461 e. The second-order valence-electron chi connectivity index (χ2n) is 4.11. The molecule has 0 unspecified atom stereocenters. The summed E-state index contributed by atoms with van der Waals surface area (Å²) in [7, 11) is 0. The summed E-state index contributed by atoms with van der Waals surface area (Å²) in [6.07, 6.45) is 5.92. The van der Waals surface area contributed by atoms with Crippen molar-refractivity contribution < 1.29 is 14.3 Å². The molecule has 1 aliphatic rings. The van der Waals surface area contributed by atoms with Crippen molar-refractivity contribution in [2.24, 2.45) is 0 Å². The number of ether oxygens (including phenoxy) is 2. The summed E-state index contributed by atoms with van der Waals surface area (Å²) in [6, 6.07) is 0. The molecule has 14 heavy (non-hydrogen) atoms. The molecule has 82 valence electrons. The molecule has 1 saturated carbocycles. The van der Waals surface area contributed by atoms with E-state index in [2.05, 4.69) is 0 Å². The van der Waals surface area contributed by atoms with Gasteiger partial charge in [-0.2, -0.15) is 0 Å². The fraction of sp³-hybridized carbons (Fsp3) is 0.909. The number of carbonyl (C=O) groups excluding carboxylic acids is 1. The molecule has 3 heteroatoms. The molecule has 0 spiro atoms. The van der Waals surface area contributed by atoms with Crippen LogP contribution in [0.1, 0.15) is 46.0 Å². The molecule has 1 rings (SSSR count). The normalized spacial score (nSPS) is 18.5. The number of hydrogen-bond acceptors (Lipinski definition) is 3. The van der Waals surface area contributed by atoms with Gasteiger partial charge < -0.3 is 9.47 Å².